The van der Waals surface area contributed by atoms with E-state index in [0.29, 0.717) is 0 Å². The van der Waals surface area contributed by atoms with Crippen molar-refractivity contribution in [3.05, 3.63) is 36.2 Å². The first-order valence-corrected chi connectivity index (χ1v) is 5.95. The molecule has 1 aromatic heterocycles. The minimum Gasteiger partial charge on any atom is -0.488 e. The van der Waals surface area contributed by atoms with Gasteiger partial charge in [0, 0.05) is 11.8 Å². The summed E-state index contributed by atoms with van der Waals surface area (Å²) in [6, 6.07) is 6.36. The number of ether oxygens (including phenoxy) is 1. The van der Waals surface area contributed by atoms with Gasteiger partial charge >= 0.3 is 0 Å². The molecule has 0 saturated carbocycles. The quantitative estimate of drug-likeness (QED) is 0.814. The maximum Gasteiger partial charge on any atom is 0.123 e. The molecule has 0 radical (unpaired) electrons. The van der Waals surface area contributed by atoms with Crippen molar-refractivity contribution in [1.82, 2.24) is 10.2 Å². The number of nitrogens with zero attached hydrogens (tertiary/aromatic N) is 1. The normalized spacial score (nSPS) is 17.3. The van der Waals surface area contributed by atoms with Gasteiger partial charge in [-0.2, -0.15) is 5.10 Å². The minimum atomic E-state index is -0.0375. The minimum absolute atomic E-state index is 0.0375. The Kier molecular flexibility index (Phi) is 2.21. The number of benzene rings is 1. The fourth-order valence-electron chi connectivity index (χ4n) is 2.25. The summed E-state index contributed by atoms with van der Waals surface area (Å²) >= 11 is 0. The summed E-state index contributed by atoms with van der Waals surface area (Å²) in [5.74, 6) is 1.02. The number of aromatic amines is 1. The molecular formula is C14H16N2O. The second-order valence-corrected chi connectivity index (χ2v) is 5.17. The molecule has 0 atom stereocenters. The van der Waals surface area contributed by atoms with Gasteiger partial charge in [0.05, 0.1) is 6.20 Å². The topological polar surface area (TPSA) is 37.9 Å². The van der Waals surface area contributed by atoms with E-state index in [2.05, 4.69) is 42.2 Å². The van der Waals surface area contributed by atoms with Gasteiger partial charge in [-0.1, -0.05) is 6.07 Å². The van der Waals surface area contributed by atoms with Gasteiger partial charge in [-0.05, 0) is 49.9 Å². The first-order valence-electron chi connectivity index (χ1n) is 5.95. The van der Waals surface area contributed by atoms with E-state index in [-0.39, 0.29) is 5.60 Å². The van der Waals surface area contributed by atoms with Gasteiger partial charge in [-0.25, -0.2) is 0 Å². The maximum atomic E-state index is 5.97. The molecule has 0 unspecified atom stereocenters. The summed E-state index contributed by atoms with van der Waals surface area (Å²) in [6.07, 6.45) is 5.90. The van der Waals surface area contributed by atoms with Crippen LogP contribution in [0.15, 0.2) is 30.6 Å². The highest BCUT2D eigenvalue weighted by atomic mass is 16.5. The van der Waals surface area contributed by atoms with Crippen LogP contribution in [0, 0.1) is 0 Å². The van der Waals surface area contributed by atoms with Gasteiger partial charge in [0.15, 0.2) is 0 Å². The number of nitrogens with one attached hydrogen (secondary N) is 1. The summed E-state index contributed by atoms with van der Waals surface area (Å²) in [4.78, 5) is 0. The van der Waals surface area contributed by atoms with Crippen molar-refractivity contribution in [3.8, 4) is 16.9 Å². The van der Waals surface area contributed by atoms with E-state index < -0.39 is 0 Å². The highest BCUT2D eigenvalue weighted by Crippen LogP contribution is 2.35. The van der Waals surface area contributed by atoms with Crippen LogP contribution in [0.3, 0.4) is 0 Å². The molecule has 1 N–H and O–H groups in total. The monoisotopic (exact) mass is 228 g/mol. The van der Waals surface area contributed by atoms with E-state index in [1.54, 1.807) is 0 Å². The predicted molar refractivity (Wildman–Crippen MR) is 67.1 cm³/mol. The molecule has 0 spiro atoms. The van der Waals surface area contributed by atoms with Crippen LogP contribution in [0.4, 0.5) is 0 Å². The van der Waals surface area contributed by atoms with E-state index in [0.717, 1.165) is 24.2 Å². The molecule has 2 heterocycles. The molecule has 0 saturated heterocycles. The standard InChI is InChI=1S/C14H16N2O/c1-14(2)6-5-11-7-10(3-4-13(11)17-14)12-8-15-16-9-12/h3-4,7-9H,5-6H2,1-2H3,(H,15,16). The summed E-state index contributed by atoms with van der Waals surface area (Å²) in [5, 5.41) is 6.82. The lowest BCUT2D eigenvalue weighted by molar-refractivity contribution is 0.0847. The Balaban J connectivity index is 1.99. The average Bonchev–Trinajstić information content (AvgIpc) is 2.81. The van der Waals surface area contributed by atoms with Crippen molar-refractivity contribution in [2.75, 3.05) is 0 Å². The van der Waals surface area contributed by atoms with Gasteiger partial charge in [0.2, 0.25) is 0 Å². The molecule has 0 amide bonds. The second-order valence-electron chi connectivity index (χ2n) is 5.17. The Morgan fingerprint density at radius 3 is 2.94 bits per heavy atom. The van der Waals surface area contributed by atoms with E-state index in [1.807, 2.05) is 12.4 Å². The zero-order chi connectivity index (χ0) is 11.9. The fourth-order valence-corrected chi connectivity index (χ4v) is 2.25. The zero-order valence-electron chi connectivity index (χ0n) is 10.2. The van der Waals surface area contributed by atoms with Crippen LogP contribution in [-0.4, -0.2) is 15.8 Å². The van der Waals surface area contributed by atoms with Gasteiger partial charge in [0.1, 0.15) is 11.4 Å². The lowest BCUT2D eigenvalue weighted by Gasteiger charge is -2.32. The largest absolute Gasteiger partial charge is 0.488 e. The Hall–Kier alpha value is -1.77. The highest BCUT2D eigenvalue weighted by molar-refractivity contribution is 5.64. The number of H-pyrrole nitrogens is 1. The third-order valence-electron chi connectivity index (χ3n) is 3.27. The Labute approximate surface area is 101 Å². The Bertz CT molecular complexity index is 529. The highest BCUT2D eigenvalue weighted by Gasteiger charge is 2.26. The Morgan fingerprint density at radius 2 is 2.18 bits per heavy atom. The van der Waals surface area contributed by atoms with E-state index >= 15 is 0 Å². The smallest absolute Gasteiger partial charge is 0.123 e. The number of aromatic nitrogens is 2. The van der Waals surface area contributed by atoms with Crippen molar-refractivity contribution in [3.63, 3.8) is 0 Å². The van der Waals surface area contributed by atoms with Crippen LogP contribution in [0.5, 0.6) is 5.75 Å². The zero-order valence-corrected chi connectivity index (χ0v) is 10.2. The van der Waals surface area contributed by atoms with Crippen LogP contribution < -0.4 is 4.74 Å². The molecule has 3 heteroatoms. The van der Waals surface area contributed by atoms with Crippen molar-refractivity contribution in [2.24, 2.45) is 0 Å². The fraction of sp³-hybridized carbons (Fsp3) is 0.357. The Morgan fingerprint density at radius 1 is 1.29 bits per heavy atom. The van der Waals surface area contributed by atoms with Gasteiger partial charge in [-0.15, -0.1) is 0 Å². The third-order valence-corrected chi connectivity index (χ3v) is 3.27. The molecule has 0 bridgehead atoms. The first-order chi connectivity index (χ1) is 8.14. The van der Waals surface area contributed by atoms with Crippen molar-refractivity contribution < 1.29 is 4.74 Å². The van der Waals surface area contributed by atoms with Gasteiger partial charge in [-0.3, -0.25) is 5.10 Å². The molecule has 3 nitrogen and oxygen atoms in total. The molecule has 3 rings (SSSR count). The van der Waals surface area contributed by atoms with Gasteiger partial charge in [0.25, 0.3) is 0 Å². The molecule has 0 aliphatic carbocycles. The molecule has 17 heavy (non-hydrogen) atoms. The second kappa shape index (κ2) is 3.62. The van der Waals surface area contributed by atoms with Crippen molar-refractivity contribution in [1.29, 1.82) is 0 Å². The summed E-state index contributed by atoms with van der Waals surface area (Å²) in [6.45, 7) is 4.28. The molecule has 88 valence electrons. The molecule has 1 aromatic carbocycles. The number of hydrogen-bond donors (Lipinski definition) is 1. The third kappa shape index (κ3) is 1.93. The molecule has 0 fully saturated rings. The van der Waals surface area contributed by atoms with E-state index in [1.165, 1.54) is 11.1 Å². The molecule has 1 aliphatic rings. The van der Waals surface area contributed by atoms with Crippen molar-refractivity contribution >= 4 is 0 Å². The van der Waals surface area contributed by atoms with Crippen LogP contribution >= 0.6 is 0 Å². The lowest BCUT2D eigenvalue weighted by Crippen LogP contribution is -2.32. The van der Waals surface area contributed by atoms with Crippen LogP contribution in [0.2, 0.25) is 0 Å². The molecule has 1 aliphatic heterocycles. The lowest BCUT2D eigenvalue weighted by atomic mass is 9.92. The predicted octanol–water partition coefficient (Wildman–Crippen LogP) is 3.18. The van der Waals surface area contributed by atoms with Crippen molar-refractivity contribution in [2.45, 2.75) is 32.3 Å². The maximum absolute atomic E-state index is 5.97. The number of fused-ring (bicyclic) bond motifs is 1. The molecular weight excluding hydrogens is 212 g/mol. The average molecular weight is 228 g/mol. The van der Waals surface area contributed by atoms with E-state index in [9.17, 15) is 0 Å². The number of aryl methyl sites for hydroxylation is 1. The summed E-state index contributed by atoms with van der Waals surface area (Å²) < 4.78 is 5.97. The van der Waals surface area contributed by atoms with Crippen LogP contribution in [-0.2, 0) is 6.42 Å². The SMILES string of the molecule is CC1(C)CCc2cc(-c3cn[nH]c3)ccc2O1. The summed E-state index contributed by atoms with van der Waals surface area (Å²) in [7, 11) is 0. The van der Waals surface area contributed by atoms with Crippen LogP contribution in [0.1, 0.15) is 25.8 Å². The summed E-state index contributed by atoms with van der Waals surface area (Å²) in [5.41, 5.74) is 3.57. The van der Waals surface area contributed by atoms with Gasteiger partial charge < -0.3 is 4.74 Å². The first kappa shape index (κ1) is 10.4. The van der Waals surface area contributed by atoms with Crippen LogP contribution in [0.25, 0.3) is 11.1 Å². The number of hydrogen-bond acceptors (Lipinski definition) is 2. The molecule has 2 aromatic rings. The number of rotatable bonds is 1. The van der Waals surface area contributed by atoms with E-state index in [4.69, 9.17) is 4.74 Å².